The predicted octanol–water partition coefficient (Wildman–Crippen LogP) is 0.937. The van der Waals surface area contributed by atoms with E-state index in [0.29, 0.717) is 38.3 Å². The molecule has 1 aliphatic heterocycles. The van der Waals surface area contributed by atoms with Crippen LogP contribution < -0.4 is 0 Å². The molecule has 1 heterocycles. The fraction of sp³-hybridized carbons (Fsp3) is 0.462. The molecule has 0 amide bonds. The normalized spacial score (nSPS) is 17.6. The van der Waals surface area contributed by atoms with Crippen molar-refractivity contribution in [3.63, 3.8) is 0 Å². The first kappa shape index (κ1) is 15.0. The Morgan fingerprint density at radius 3 is 2.55 bits per heavy atom. The van der Waals surface area contributed by atoms with Gasteiger partial charge in [0.15, 0.2) is 0 Å². The fourth-order valence-electron chi connectivity index (χ4n) is 2.05. The summed E-state index contributed by atoms with van der Waals surface area (Å²) in [6.45, 7) is 1.83. The third kappa shape index (κ3) is 3.78. The summed E-state index contributed by atoms with van der Waals surface area (Å²) in [5.41, 5.74) is 0.731. The van der Waals surface area contributed by atoms with Crippen molar-refractivity contribution in [1.29, 1.82) is 0 Å². The number of carboxylic acid groups (broad SMARTS) is 1. The smallest absolute Gasteiger partial charge is 0.335 e. The van der Waals surface area contributed by atoms with Gasteiger partial charge in [0.25, 0.3) is 0 Å². The molecule has 0 spiro atoms. The molecule has 1 aromatic carbocycles. The molecular formula is C13H17NO5S. The summed E-state index contributed by atoms with van der Waals surface area (Å²) in [4.78, 5) is 10.7. The monoisotopic (exact) mass is 299 g/mol. The number of aromatic carboxylic acids is 1. The maximum absolute atomic E-state index is 12.3. The SMILES string of the molecule is O=C(O)c1ccc(CS(=O)(=O)N2CCCOCC2)cc1. The van der Waals surface area contributed by atoms with E-state index in [1.807, 2.05) is 0 Å². The molecule has 110 valence electrons. The second-order valence-corrected chi connectivity index (χ2v) is 6.59. The Bertz CT molecular complexity index is 559. The summed E-state index contributed by atoms with van der Waals surface area (Å²) in [6, 6.07) is 5.90. The number of hydrogen-bond acceptors (Lipinski definition) is 4. The lowest BCUT2D eigenvalue weighted by atomic mass is 10.1. The zero-order valence-corrected chi connectivity index (χ0v) is 11.8. The highest BCUT2D eigenvalue weighted by atomic mass is 32.2. The van der Waals surface area contributed by atoms with Crippen LogP contribution in [0.3, 0.4) is 0 Å². The Balaban J connectivity index is 2.08. The first-order valence-electron chi connectivity index (χ1n) is 6.37. The van der Waals surface area contributed by atoms with E-state index >= 15 is 0 Å². The highest BCUT2D eigenvalue weighted by molar-refractivity contribution is 7.88. The van der Waals surface area contributed by atoms with Crippen LogP contribution in [0.15, 0.2) is 24.3 Å². The van der Waals surface area contributed by atoms with E-state index in [-0.39, 0.29) is 11.3 Å². The maximum atomic E-state index is 12.3. The predicted molar refractivity (Wildman–Crippen MR) is 73.0 cm³/mol. The Labute approximate surface area is 118 Å². The van der Waals surface area contributed by atoms with E-state index < -0.39 is 16.0 Å². The van der Waals surface area contributed by atoms with Crippen molar-refractivity contribution in [2.75, 3.05) is 26.3 Å². The fourth-order valence-corrected chi connectivity index (χ4v) is 3.60. The van der Waals surface area contributed by atoms with Crippen molar-refractivity contribution in [2.45, 2.75) is 12.2 Å². The largest absolute Gasteiger partial charge is 0.478 e. The van der Waals surface area contributed by atoms with Crippen molar-refractivity contribution >= 4 is 16.0 Å². The van der Waals surface area contributed by atoms with E-state index in [9.17, 15) is 13.2 Å². The minimum absolute atomic E-state index is 0.118. The molecule has 0 saturated carbocycles. The number of rotatable bonds is 4. The molecule has 1 aromatic rings. The van der Waals surface area contributed by atoms with Gasteiger partial charge in [-0.05, 0) is 24.1 Å². The van der Waals surface area contributed by atoms with Crippen LogP contribution in [0.4, 0.5) is 0 Å². The molecule has 0 atom stereocenters. The first-order chi connectivity index (χ1) is 9.49. The molecule has 6 nitrogen and oxygen atoms in total. The Morgan fingerprint density at radius 1 is 1.20 bits per heavy atom. The van der Waals surface area contributed by atoms with Gasteiger partial charge in [0.05, 0.1) is 17.9 Å². The number of carboxylic acids is 1. The minimum Gasteiger partial charge on any atom is -0.478 e. The quantitative estimate of drug-likeness (QED) is 0.894. The third-order valence-electron chi connectivity index (χ3n) is 3.12. The van der Waals surface area contributed by atoms with Gasteiger partial charge in [0.1, 0.15) is 0 Å². The Morgan fingerprint density at radius 2 is 1.90 bits per heavy atom. The number of hydrogen-bond donors (Lipinski definition) is 1. The van der Waals surface area contributed by atoms with Crippen LogP contribution in [0.25, 0.3) is 0 Å². The molecule has 20 heavy (non-hydrogen) atoms. The molecular weight excluding hydrogens is 282 g/mol. The summed E-state index contributed by atoms with van der Waals surface area (Å²) >= 11 is 0. The van der Waals surface area contributed by atoms with E-state index in [2.05, 4.69) is 0 Å². The first-order valence-corrected chi connectivity index (χ1v) is 7.98. The van der Waals surface area contributed by atoms with Crippen LogP contribution in [0.2, 0.25) is 0 Å². The maximum Gasteiger partial charge on any atom is 0.335 e. The number of ether oxygens (including phenoxy) is 1. The van der Waals surface area contributed by atoms with E-state index in [4.69, 9.17) is 9.84 Å². The van der Waals surface area contributed by atoms with Gasteiger partial charge in [-0.2, -0.15) is 4.31 Å². The Kier molecular flexibility index (Phi) is 4.74. The van der Waals surface area contributed by atoms with Gasteiger partial charge in [-0.3, -0.25) is 0 Å². The molecule has 7 heteroatoms. The van der Waals surface area contributed by atoms with Gasteiger partial charge >= 0.3 is 5.97 Å². The van der Waals surface area contributed by atoms with Crippen molar-refractivity contribution in [3.8, 4) is 0 Å². The van der Waals surface area contributed by atoms with Gasteiger partial charge in [0, 0.05) is 19.7 Å². The standard InChI is InChI=1S/C13H17NO5S/c15-13(16)12-4-2-11(3-5-12)10-20(17,18)14-6-1-8-19-9-7-14/h2-5H,1,6-10H2,(H,15,16). The third-order valence-corrected chi connectivity index (χ3v) is 4.97. The van der Waals surface area contributed by atoms with Crippen molar-refractivity contribution in [3.05, 3.63) is 35.4 Å². The zero-order chi connectivity index (χ0) is 14.6. The minimum atomic E-state index is -3.39. The summed E-state index contributed by atoms with van der Waals surface area (Å²) in [7, 11) is -3.39. The van der Waals surface area contributed by atoms with Gasteiger partial charge in [-0.1, -0.05) is 12.1 Å². The number of nitrogens with zero attached hydrogens (tertiary/aromatic N) is 1. The summed E-state index contributed by atoms with van der Waals surface area (Å²) < 4.78 is 31.2. The zero-order valence-electron chi connectivity index (χ0n) is 11.0. The summed E-state index contributed by atoms with van der Waals surface area (Å²) in [6.07, 6.45) is 0.692. The number of carbonyl (C=O) groups is 1. The Hall–Kier alpha value is -1.44. The highest BCUT2D eigenvalue weighted by Gasteiger charge is 2.23. The molecule has 1 aliphatic rings. The molecule has 1 N–H and O–H groups in total. The number of benzene rings is 1. The summed E-state index contributed by atoms with van der Waals surface area (Å²) in [5, 5.41) is 8.80. The van der Waals surface area contributed by atoms with Crippen molar-refractivity contribution in [1.82, 2.24) is 4.31 Å². The van der Waals surface area contributed by atoms with Crippen LogP contribution in [-0.2, 0) is 20.5 Å². The van der Waals surface area contributed by atoms with E-state index in [1.54, 1.807) is 0 Å². The average Bonchev–Trinajstić information content (AvgIpc) is 2.68. The molecule has 1 saturated heterocycles. The van der Waals surface area contributed by atoms with E-state index in [1.165, 1.54) is 28.6 Å². The van der Waals surface area contributed by atoms with Crippen LogP contribution in [-0.4, -0.2) is 50.1 Å². The molecule has 1 fully saturated rings. The molecule has 0 unspecified atom stereocenters. The number of sulfonamides is 1. The van der Waals surface area contributed by atoms with Gasteiger partial charge in [-0.25, -0.2) is 13.2 Å². The lowest BCUT2D eigenvalue weighted by Crippen LogP contribution is -2.34. The molecule has 0 bridgehead atoms. The van der Waals surface area contributed by atoms with Crippen LogP contribution in [0.1, 0.15) is 22.3 Å². The van der Waals surface area contributed by atoms with Crippen molar-refractivity contribution in [2.24, 2.45) is 0 Å². The van der Waals surface area contributed by atoms with Crippen LogP contribution >= 0.6 is 0 Å². The van der Waals surface area contributed by atoms with Gasteiger partial charge < -0.3 is 9.84 Å². The van der Waals surface area contributed by atoms with Crippen LogP contribution in [0, 0.1) is 0 Å². The van der Waals surface area contributed by atoms with Crippen molar-refractivity contribution < 1.29 is 23.1 Å². The average molecular weight is 299 g/mol. The van der Waals surface area contributed by atoms with Gasteiger partial charge in [0.2, 0.25) is 10.0 Å². The lowest BCUT2D eigenvalue weighted by molar-refractivity contribution is 0.0697. The van der Waals surface area contributed by atoms with Gasteiger partial charge in [-0.15, -0.1) is 0 Å². The molecule has 0 aliphatic carbocycles. The van der Waals surface area contributed by atoms with E-state index in [0.717, 1.165) is 0 Å². The van der Waals surface area contributed by atoms with Crippen LogP contribution in [0.5, 0.6) is 0 Å². The second-order valence-electron chi connectivity index (χ2n) is 4.62. The molecule has 0 aromatic heterocycles. The second kappa shape index (κ2) is 6.34. The molecule has 0 radical (unpaired) electrons. The highest BCUT2D eigenvalue weighted by Crippen LogP contribution is 2.14. The molecule has 2 rings (SSSR count). The summed E-state index contributed by atoms with van der Waals surface area (Å²) in [5.74, 6) is -1.14. The topological polar surface area (TPSA) is 83.9 Å². The lowest BCUT2D eigenvalue weighted by Gasteiger charge is -2.19.